The molecule has 182 valence electrons. The Morgan fingerprint density at radius 1 is 0.917 bits per heavy atom. The number of anilines is 2. The van der Waals surface area contributed by atoms with Gasteiger partial charge in [0.15, 0.2) is 0 Å². The third kappa shape index (κ3) is 4.84. The van der Waals surface area contributed by atoms with Crippen LogP contribution in [0, 0.1) is 5.82 Å². The average Bonchev–Trinajstić information content (AvgIpc) is 2.93. The van der Waals surface area contributed by atoms with E-state index in [4.69, 9.17) is 4.74 Å². The zero-order valence-electron chi connectivity index (χ0n) is 19.8. The summed E-state index contributed by atoms with van der Waals surface area (Å²) in [5.41, 5.74) is 3.15. The van der Waals surface area contributed by atoms with Crippen LogP contribution in [0.1, 0.15) is 20.8 Å². The van der Waals surface area contributed by atoms with Gasteiger partial charge in [-0.1, -0.05) is 12.1 Å². The largest absolute Gasteiger partial charge is 0.496 e. The van der Waals surface area contributed by atoms with Crippen LogP contribution >= 0.6 is 0 Å². The van der Waals surface area contributed by atoms with Crippen molar-refractivity contribution in [3.8, 4) is 5.75 Å². The Morgan fingerprint density at radius 2 is 1.61 bits per heavy atom. The number of fused-ring (bicyclic) bond motifs is 1. The third-order valence-electron chi connectivity index (χ3n) is 6.28. The number of hydrogen-bond donors (Lipinski definition) is 1. The van der Waals surface area contributed by atoms with E-state index in [0.717, 1.165) is 16.6 Å². The molecule has 1 aliphatic heterocycles. The number of piperazine rings is 1. The van der Waals surface area contributed by atoms with Crippen molar-refractivity contribution in [3.63, 3.8) is 0 Å². The number of benzene rings is 3. The maximum atomic E-state index is 13.2. The van der Waals surface area contributed by atoms with Crippen molar-refractivity contribution in [2.24, 2.45) is 0 Å². The number of pyridine rings is 1. The van der Waals surface area contributed by atoms with Crippen molar-refractivity contribution in [1.82, 2.24) is 9.88 Å². The SMILES string of the molecule is COc1cc(C(=O)N2CCN(c3ccc(NC(=O)c4ccc(F)cc4)cc3)CC2)nc2ccccc12. The van der Waals surface area contributed by atoms with Crippen LogP contribution in [-0.4, -0.2) is 55.0 Å². The van der Waals surface area contributed by atoms with Gasteiger partial charge in [0.05, 0.1) is 12.6 Å². The maximum Gasteiger partial charge on any atom is 0.272 e. The van der Waals surface area contributed by atoms with E-state index in [1.807, 2.05) is 53.4 Å². The fourth-order valence-corrected chi connectivity index (χ4v) is 4.31. The lowest BCUT2D eigenvalue weighted by atomic mass is 10.1. The second kappa shape index (κ2) is 10.0. The molecule has 1 N–H and O–H groups in total. The average molecular weight is 485 g/mol. The molecule has 2 amide bonds. The highest BCUT2D eigenvalue weighted by molar-refractivity contribution is 6.04. The molecular formula is C28H25FN4O3. The molecule has 0 spiro atoms. The lowest BCUT2D eigenvalue weighted by molar-refractivity contribution is 0.0740. The normalized spacial score (nSPS) is 13.5. The summed E-state index contributed by atoms with van der Waals surface area (Å²) in [4.78, 5) is 34.1. The second-order valence-electron chi connectivity index (χ2n) is 8.51. The monoisotopic (exact) mass is 484 g/mol. The first kappa shape index (κ1) is 23.3. The zero-order chi connectivity index (χ0) is 25.1. The van der Waals surface area contributed by atoms with E-state index in [1.165, 1.54) is 24.3 Å². The van der Waals surface area contributed by atoms with Crippen molar-refractivity contribution < 1.29 is 18.7 Å². The van der Waals surface area contributed by atoms with Crippen LogP contribution in [0.2, 0.25) is 0 Å². The first-order chi connectivity index (χ1) is 17.5. The minimum absolute atomic E-state index is 0.113. The number of para-hydroxylation sites is 1. The van der Waals surface area contributed by atoms with E-state index in [0.29, 0.717) is 48.9 Å². The lowest BCUT2D eigenvalue weighted by Gasteiger charge is -2.36. The topological polar surface area (TPSA) is 74.8 Å². The summed E-state index contributed by atoms with van der Waals surface area (Å²) in [6.45, 7) is 2.49. The maximum absolute atomic E-state index is 13.2. The number of methoxy groups -OCH3 is 1. The Balaban J connectivity index is 1.21. The number of hydrogen-bond acceptors (Lipinski definition) is 5. The molecule has 0 saturated carbocycles. The van der Waals surface area contributed by atoms with E-state index in [1.54, 1.807) is 13.2 Å². The summed E-state index contributed by atoms with van der Waals surface area (Å²) >= 11 is 0. The van der Waals surface area contributed by atoms with E-state index in [9.17, 15) is 14.0 Å². The molecule has 1 aliphatic rings. The summed E-state index contributed by atoms with van der Waals surface area (Å²) in [7, 11) is 1.59. The lowest BCUT2D eigenvalue weighted by Crippen LogP contribution is -2.49. The standard InChI is InChI=1S/C28H25FN4O3/c1-36-26-18-25(31-24-5-3-2-4-23(24)26)28(35)33-16-14-32(15-17-33)22-12-10-21(11-13-22)30-27(34)19-6-8-20(29)9-7-19/h2-13,18H,14-17H2,1H3,(H,30,34). The van der Waals surface area contributed by atoms with Gasteiger partial charge < -0.3 is 19.9 Å². The van der Waals surface area contributed by atoms with Crippen molar-refractivity contribution in [2.75, 3.05) is 43.5 Å². The van der Waals surface area contributed by atoms with Crippen LogP contribution in [0.3, 0.4) is 0 Å². The molecule has 1 fully saturated rings. The molecule has 36 heavy (non-hydrogen) atoms. The van der Waals surface area contributed by atoms with Crippen LogP contribution < -0.4 is 15.0 Å². The van der Waals surface area contributed by atoms with Gasteiger partial charge in [-0.2, -0.15) is 0 Å². The molecule has 1 aromatic heterocycles. The Bertz CT molecular complexity index is 1400. The Labute approximate surface area is 208 Å². The quantitative estimate of drug-likeness (QED) is 0.448. The fourth-order valence-electron chi connectivity index (χ4n) is 4.31. The van der Waals surface area contributed by atoms with Crippen LogP contribution in [0.25, 0.3) is 10.9 Å². The van der Waals surface area contributed by atoms with Gasteiger partial charge in [0.2, 0.25) is 0 Å². The molecule has 0 aliphatic carbocycles. The summed E-state index contributed by atoms with van der Waals surface area (Å²) < 4.78 is 18.6. The van der Waals surface area contributed by atoms with Gasteiger partial charge >= 0.3 is 0 Å². The fraction of sp³-hybridized carbons (Fsp3) is 0.179. The molecule has 0 atom stereocenters. The molecule has 8 heteroatoms. The molecule has 0 unspecified atom stereocenters. The molecular weight excluding hydrogens is 459 g/mol. The minimum atomic E-state index is -0.383. The van der Waals surface area contributed by atoms with Crippen LogP contribution in [0.15, 0.2) is 78.9 Å². The smallest absolute Gasteiger partial charge is 0.272 e. The number of aromatic nitrogens is 1. The highest BCUT2D eigenvalue weighted by Crippen LogP contribution is 2.26. The number of halogens is 1. The minimum Gasteiger partial charge on any atom is -0.496 e. The van der Waals surface area contributed by atoms with E-state index in [-0.39, 0.29) is 17.6 Å². The number of nitrogens with zero attached hydrogens (tertiary/aromatic N) is 3. The first-order valence-corrected chi connectivity index (χ1v) is 11.7. The number of carbonyl (C=O) groups is 2. The highest BCUT2D eigenvalue weighted by Gasteiger charge is 2.24. The molecule has 7 nitrogen and oxygen atoms in total. The molecule has 3 aromatic carbocycles. The van der Waals surface area contributed by atoms with E-state index < -0.39 is 0 Å². The van der Waals surface area contributed by atoms with Gasteiger partial charge in [-0.3, -0.25) is 9.59 Å². The summed E-state index contributed by atoms with van der Waals surface area (Å²) in [5, 5.41) is 3.69. The predicted octanol–water partition coefficient (Wildman–Crippen LogP) is 4.60. The summed E-state index contributed by atoms with van der Waals surface area (Å²) in [6.07, 6.45) is 0. The van der Waals surface area contributed by atoms with Gasteiger partial charge in [-0.25, -0.2) is 9.37 Å². The molecule has 2 heterocycles. The highest BCUT2D eigenvalue weighted by atomic mass is 19.1. The van der Waals surface area contributed by atoms with Crippen molar-refractivity contribution in [2.45, 2.75) is 0 Å². The van der Waals surface area contributed by atoms with Crippen molar-refractivity contribution >= 4 is 34.1 Å². The van der Waals surface area contributed by atoms with Crippen LogP contribution in [0.4, 0.5) is 15.8 Å². The number of nitrogens with one attached hydrogen (secondary N) is 1. The first-order valence-electron chi connectivity index (χ1n) is 11.7. The van der Waals surface area contributed by atoms with Crippen LogP contribution in [-0.2, 0) is 0 Å². The Hall–Kier alpha value is -4.46. The zero-order valence-corrected chi connectivity index (χ0v) is 19.8. The molecule has 1 saturated heterocycles. The van der Waals surface area contributed by atoms with E-state index in [2.05, 4.69) is 15.2 Å². The molecule has 4 aromatic rings. The molecule has 0 radical (unpaired) electrons. The van der Waals surface area contributed by atoms with Gasteiger partial charge in [0.1, 0.15) is 17.3 Å². The number of ether oxygens (including phenoxy) is 1. The summed E-state index contributed by atoms with van der Waals surface area (Å²) in [6, 6.07) is 22.3. The Morgan fingerprint density at radius 3 is 2.31 bits per heavy atom. The number of rotatable bonds is 5. The number of amides is 2. The van der Waals surface area contributed by atoms with Gasteiger partial charge in [0.25, 0.3) is 11.8 Å². The van der Waals surface area contributed by atoms with E-state index >= 15 is 0 Å². The predicted molar refractivity (Wildman–Crippen MR) is 137 cm³/mol. The van der Waals surface area contributed by atoms with Gasteiger partial charge in [-0.05, 0) is 60.7 Å². The summed E-state index contributed by atoms with van der Waals surface area (Å²) in [5.74, 6) is -0.161. The van der Waals surface area contributed by atoms with Crippen molar-refractivity contribution in [1.29, 1.82) is 0 Å². The molecule has 0 bridgehead atoms. The van der Waals surface area contributed by atoms with Gasteiger partial charge in [-0.15, -0.1) is 0 Å². The van der Waals surface area contributed by atoms with Crippen molar-refractivity contribution in [3.05, 3.63) is 95.9 Å². The third-order valence-corrected chi connectivity index (χ3v) is 6.28. The molecule has 5 rings (SSSR count). The Kier molecular flexibility index (Phi) is 6.49. The van der Waals surface area contributed by atoms with Crippen LogP contribution in [0.5, 0.6) is 5.75 Å². The van der Waals surface area contributed by atoms with Gasteiger partial charge in [0, 0.05) is 54.6 Å². The second-order valence-corrected chi connectivity index (χ2v) is 8.51. The number of carbonyl (C=O) groups excluding carboxylic acids is 2.